The molecule has 1 N–H and O–H groups in total. The lowest BCUT2D eigenvalue weighted by atomic mass is 9.95. The third kappa shape index (κ3) is 4.10. The summed E-state index contributed by atoms with van der Waals surface area (Å²) in [6.07, 6.45) is 5.98. The van der Waals surface area contributed by atoms with Crippen LogP contribution in [0.25, 0.3) is 0 Å². The molecule has 4 heteroatoms. The van der Waals surface area contributed by atoms with Gasteiger partial charge in [0, 0.05) is 11.6 Å². The average molecular weight is 315 g/mol. The Labute approximate surface area is 135 Å². The molecule has 0 atom stereocenters. The summed E-state index contributed by atoms with van der Waals surface area (Å²) in [4.78, 5) is 13.0. The summed E-state index contributed by atoms with van der Waals surface area (Å²) in [7, 11) is 0. The number of benzene rings is 1. The molecular weight excluding hydrogens is 294 g/mol. The summed E-state index contributed by atoms with van der Waals surface area (Å²) in [6.45, 7) is 0.497. The highest BCUT2D eigenvalue weighted by molar-refractivity contribution is 7.12. The van der Waals surface area contributed by atoms with Crippen LogP contribution in [0.2, 0.25) is 0 Å². The second kappa shape index (κ2) is 7.45. The van der Waals surface area contributed by atoms with Crippen LogP contribution in [0.15, 0.2) is 41.8 Å². The maximum Gasteiger partial charge on any atom is 0.261 e. The molecule has 116 valence electrons. The van der Waals surface area contributed by atoms with Crippen molar-refractivity contribution in [2.24, 2.45) is 0 Å². The molecule has 1 saturated carbocycles. The van der Waals surface area contributed by atoms with Crippen molar-refractivity contribution in [1.29, 1.82) is 0 Å². The number of hydrogen-bond donors (Lipinski definition) is 1. The number of ether oxygens (including phenoxy) is 1. The maximum atomic E-state index is 12.3. The molecule has 0 radical (unpaired) electrons. The number of para-hydroxylation sites is 1. The molecule has 1 aromatic heterocycles. The first-order valence-corrected chi connectivity index (χ1v) is 8.75. The Bertz CT molecular complexity index is 603. The smallest absolute Gasteiger partial charge is 0.261 e. The number of hydrogen-bond acceptors (Lipinski definition) is 3. The monoisotopic (exact) mass is 315 g/mol. The van der Waals surface area contributed by atoms with Gasteiger partial charge in [0.15, 0.2) is 0 Å². The van der Waals surface area contributed by atoms with Gasteiger partial charge in [0.1, 0.15) is 12.4 Å². The second-order valence-electron chi connectivity index (χ2n) is 5.73. The first kappa shape index (κ1) is 15.1. The average Bonchev–Trinajstić information content (AvgIpc) is 3.04. The van der Waals surface area contributed by atoms with E-state index in [9.17, 15) is 4.79 Å². The molecule has 0 spiro atoms. The number of carbonyl (C=O) groups excluding carboxylic acids is 1. The predicted molar refractivity (Wildman–Crippen MR) is 89.4 cm³/mol. The minimum atomic E-state index is 0.0582. The van der Waals surface area contributed by atoms with Crippen molar-refractivity contribution in [1.82, 2.24) is 5.32 Å². The van der Waals surface area contributed by atoms with Crippen molar-refractivity contribution < 1.29 is 9.53 Å². The van der Waals surface area contributed by atoms with Gasteiger partial charge in [-0.1, -0.05) is 37.5 Å². The van der Waals surface area contributed by atoms with Gasteiger partial charge >= 0.3 is 0 Å². The van der Waals surface area contributed by atoms with Crippen molar-refractivity contribution >= 4 is 17.2 Å². The van der Waals surface area contributed by atoms with Gasteiger partial charge in [0.2, 0.25) is 0 Å². The molecule has 3 nitrogen and oxygen atoms in total. The molecule has 0 unspecified atom stereocenters. The van der Waals surface area contributed by atoms with Gasteiger partial charge in [-0.15, -0.1) is 11.3 Å². The molecule has 1 aliphatic rings. The zero-order valence-corrected chi connectivity index (χ0v) is 13.4. The van der Waals surface area contributed by atoms with Crippen molar-refractivity contribution in [3.8, 4) is 5.75 Å². The van der Waals surface area contributed by atoms with Crippen LogP contribution in [-0.4, -0.2) is 11.9 Å². The molecule has 0 bridgehead atoms. The number of amides is 1. The highest BCUT2D eigenvalue weighted by Gasteiger charge is 2.17. The van der Waals surface area contributed by atoms with E-state index < -0.39 is 0 Å². The Hall–Kier alpha value is -1.81. The zero-order chi connectivity index (χ0) is 15.2. The van der Waals surface area contributed by atoms with E-state index in [0.29, 0.717) is 12.6 Å². The van der Waals surface area contributed by atoms with Crippen LogP contribution in [0.1, 0.15) is 47.3 Å². The highest BCUT2D eigenvalue weighted by Crippen LogP contribution is 2.20. The summed E-state index contributed by atoms with van der Waals surface area (Å²) in [5, 5.41) is 5.15. The van der Waals surface area contributed by atoms with Crippen LogP contribution in [0, 0.1) is 0 Å². The molecular formula is C18H21NO2S. The second-order valence-corrected chi connectivity index (χ2v) is 6.64. The van der Waals surface area contributed by atoms with Crippen molar-refractivity contribution in [3.05, 3.63) is 52.2 Å². The summed E-state index contributed by atoms with van der Waals surface area (Å²) < 4.78 is 5.71. The van der Waals surface area contributed by atoms with Gasteiger partial charge in [-0.05, 0) is 36.4 Å². The Kier molecular flexibility index (Phi) is 5.11. The lowest BCUT2D eigenvalue weighted by molar-refractivity contribution is 0.0932. The van der Waals surface area contributed by atoms with E-state index in [-0.39, 0.29) is 5.91 Å². The molecule has 0 saturated heterocycles. The number of thiophene rings is 1. The molecule has 1 amide bonds. The number of carbonyl (C=O) groups is 1. The topological polar surface area (TPSA) is 38.3 Å². The number of rotatable bonds is 5. The van der Waals surface area contributed by atoms with Crippen LogP contribution in [-0.2, 0) is 6.61 Å². The van der Waals surface area contributed by atoms with E-state index in [0.717, 1.165) is 29.0 Å². The molecule has 1 aromatic carbocycles. The molecule has 1 aliphatic carbocycles. The van der Waals surface area contributed by atoms with E-state index >= 15 is 0 Å². The molecule has 2 aromatic rings. The Morgan fingerprint density at radius 2 is 1.95 bits per heavy atom. The fourth-order valence-electron chi connectivity index (χ4n) is 2.76. The third-order valence-corrected chi connectivity index (χ3v) is 4.94. The van der Waals surface area contributed by atoms with Crippen LogP contribution in [0.5, 0.6) is 5.75 Å². The van der Waals surface area contributed by atoms with E-state index in [1.807, 2.05) is 41.8 Å². The van der Waals surface area contributed by atoms with Gasteiger partial charge in [-0.3, -0.25) is 4.79 Å². The molecule has 0 aliphatic heterocycles. The van der Waals surface area contributed by atoms with Crippen LogP contribution >= 0.6 is 11.3 Å². The molecule has 22 heavy (non-hydrogen) atoms. The summed E-state index contributed by atoms with van der Waals surface area (Å²) in [5.74, 6) is 0.907. The summed E-state index contributed by atoms with van der Waals surface area (Å²) in [5.41, 5.74) is 1.04. The van der Waals surface area contributed by atoms with E-state index in [1.165, 1.54) is 30.6 Å². The predicted octanol–water partition coefficient (Wildman–Crippen LogP) is 4.39. The van der Waals surface area contributed by atoms with Gasteiger partial charge < -0.3 is 10.1 Å². The Morgan fingerprint density at radius 1 is 1.18 bits per heavy atom. The minimum Gasteiger partial charge on any atom is -0.489 e. The van der Waals surface area contributed by atoms with E-state index in [2.05, 4.69) is 5.32 Å². The minimum absolute atomic E-state index is 0.0582. The first-order chi connectivity index (χ1) is 10.8. The fraction of sp³-hybridized carbons (Fsp3) is 0.389. The quantitative estimate of drug-likeness (QED) is 0.888. The fourth-order valence-corrected chi connectivity index (χ4v) is 3.56. The highest BCUT2D eigenvalue weighted by atomic mass is 32.1. The lowest BCUT2D eigenvalue weighted by Crippen LogP contribution is -2.35. The largest absolute Gasteiger partial charge is 0.489 e. The third-order valence-electron chi connectivity index (χ3n) is 3.97. The van der Waals surface area contributed by atoms with Crippen molar-refractivity contribution in [2.75, 3.05) is 0 Å². The summed E-state index contributed by atoms with van der Waals surface area (Å²) in [6, 6.07) is 12.0. The van der Waals surface area contributed by atoms with Crippen molar-refractivity contribution in [3.63, 3.8) is 0 Å². The van der Waals surface area contributed by atoms with Crippen LogP contribution in [0.3, 0.4) is 0 Å². The van der Waals surface area contributed by atoms with E-state index in [4.69, 9.17) is 4.74 Å². The van der Waals surface area contributed by atoms with E-state index in [1.54, 1.807) is 0 Å². The molecule has 3 rings (SSSR count). The van der Waals surface area contributed by atoms with Gasteiger partial charge in [0.05, 0.1) is 4.88 Å². The standard InChI is InChI=1S/C18H21NO2S/c20-18(19-15-7-3-1-4-8-15)17-11-14(13-22-17)12-21-16-9-5-2-6-10-16/h2,5-6,9-11,13,15H,1,3-4,7-8,12H2,(H,19,20). The SMILES string of the molecule is O=C(NC1CCCCC1)c1cc(COc2ccccc2)cs1. The van der Waals surface area contributed by atoms with Crippen LogP contribution < -0.4 is 10.1 Å². The Morgan fingerprint density at radius 3 is 2.73 bits per heavy atom. The normalized spacial score (nSPS) is 15.5. The number of nitrogens with one attached hydrogen (secondary N) is 1. The lowest BCUT2D eigenvalue weighted by Gasteiger charge is -2.22. The van der Waals surface area contributed by atoms with Gasteiger partial charge in [0.25, 0.3) is 5.91 Å². The molecule has 1 fully saturated rings. The van der Waals surface area contributed by atoms with Gasteiger partial charge in [-0.25, -0.2) is 0 Å². The van der Waals surface area contributed by atoms with Gasteiger partial charge in [-0.2, -0.15) is 0 Å². The zero-order valence-electron chi connectivity index (χ0n) is 12.6. The van der Waals surface area contributed by atoms with Crippen molar-refractivity contribution in [2.45, 2.75) is 44.8 Å². The van der Waals surface area contributed by atoms with Crippen LogP contribution in [0.4, 0.5) is 0 Å². The first-order valence-electron chi connectivity index (χ1n) is 7.87. The molecule has 1 heterocycles. The Balaban J connectivity index is 1.52. The maximum absolute atomic E-state index is 12.3. The summed E-state index contributed by atoms with van der Waals surface area (Å²) >= 11 is 1.49.